The summed E-state index contributed by atoms with van der Waals surface area (Å²) in [6.07, 6.45) is 13.6. The number of rotatable bonds is 15. The number of piperazine rings is 2. The highest BCUT2D eigenvalue weighted by atomic mass is 35.5. The fourth-order valence-electron chi connectivity index (χ4n) is 13.8. The van der Waals surface area contributed by atoms with Gasteiger partial charge in [-0.25, -0.2) is 37.7 Å². The Morgan fingerprint density at radius 3 is 1.50 bits per heavy atom. The average Bonchev–Trinajstić information content (AvgIpc) is 1.14. The van der Waals surface area contributed by atoms with Crippen molar-refractivity contribution in [2.75, 3.05) is 72.8 Å². The van der Waals surface area contributed by atoms with Gasteiger partial charge in [0.1, 0.15) is 29.9 Å². The van der Waals surface area contributed by atoms with Crippen LogP contribution in [0.4, 0.5) is 43.2 Å². The van der Waals surface area contributed by atoms with Crippen LogP contribution in [-0.4, -0.2) is 162 Å². The molecule has 15 rings (SSSR count). The zero-order valence-corrected chi connectivity index (χ0v) is 66.1. The molecule has 8 aromatic heterocycles. The summed E-state index contributed by atoms with van der Waals surface area (Å²) < 4.78 is 54.0. The van der Waals surface area contributed by atoms with Gasteiger partial charge in [0.05, 0.1) is 93.2 Å². The summed E-state index contributed by atoms with van der Waals surface area (Å²) in [5.74, 6) is -0.303. The van der Waals surface area contributed by atoms with E-state index in [9.17, 15) is 19.5 Å². The van der Waals surface area contributed by atoms with Crippen molar-refractivity contribution in [3.8, 4) is 22.6 Å². The van der Waals surface area contributed by atoms with Gasteiger partial charge in [-0.05, 0) is 150 Å². The van der Waals surface area contributed by atoms with Gasteiger partial charge in [-0.15, -0.1) is 0 Å². The van der Waals surface area contributed by atoms with Crippen molar-refractivity contribution in [3.63, 3.8) is 0 Å². The van der Waals surface area contributed by atoms with Crippen LogP contribution in [0.15, 0.2) is 156 Å². The number of carbonyl (C=O) groups is 1. The minimum atomic E-state index is -0.761. The molecule has 3 aliphatic rings. The van der Waals surface area contributed by atoms with E-state index in [1.165, 1.54) is 31.5 Å². The monoisotopic (exact) mass is 1530 g/mol. The smallest absolute Gasteiger partial charge is 0.461 e. The van der Waals surface area contributed by atoms with Crippen molar-refractivity contribution >= 4 is 97.4 Å². The Morgan fingerprint density at radius 2 is 1.06 bits per heavy atom. The van der Waals surface area contributed by atoms with E-state index in [0.29, 0.717) is 90.0 Å². The van der Waals surface area contributed by atoms with E-state index in [2.05, 4.69) is 100 Å². The van der Waals surface area contributed by atoms with E-state index in [-0.39, 0.29) is 28.2 Å². The zero-order valence-electron chi connectivity index (χ0n) is 65.3. The lowest BCUT2D eigenvalue weighted by Crippen LogP contribution is -2.48. The molecular weight excluding hydrogens is 1430 g/mol. The number of aromatic nitrogens is 12. The third-order valence-corrected chi connectivity index (χ3v) is 21.3. The van der Waals surface area contributed by atoms with Crippen LogP contribution in [0.2, 0.25) is 5.15 Å². The van der Waals surface area contributed by atoms with Gasteiger partial charge in [-0.2, -0.15) is 29.8 Å². The number of carbonyl (C=O) groups excluding carboxylic acids is 1. The van der Waals surface area contributed by atoms with Gasteiger partial charge in [0.25, 0.3) is 11.1 Å². The van der Waals surface area contributed by atoms with Gasteiger partial charge in [0.2, 0.25) is 0 Å². The molecule has 0 spiro atoms. The van der Waals surface area contributed by atoms with E-state index in [1.54, 1.807) is 82.3 Å². The summed E-state index contributed by atoms with van der Waals surface area (Å²) in [5.41, 5.74) is 6.80. The molecule has 11 heterocycles. The number of imidazole rings is 2. The molecule has 578 valence electrons. The molecule has 0 saturated carbocycles. The van der Waals surface area contributed by atoms with Crippen LogP contribution in [0.3, 0.4) is 0 Å². The first kappa shape index (κ1) is 78.5. The van der Waals surface area contributed by atoms with Crippen LogP contribution in [0.1, 0.15) is 126 Å². The van der Waals surface area contributed by atoms with E-state index < -0.39 is 53.6 Å². The predicted octanol–water partition coefficient (Wildman–Crippen LogP) is 12.9. The minimum Gasteiger partial charge on any atom is -0.461 e. The molecule has 3 saturated heterocycles. The Labute approximate surface area is 648 Å². The number of benzene rings is 4. The first-order valence-corrected chi connectivity index (χ1v) is 37.7. The van der Waals surface area contributed by atoms with E-state index in [4.69, 9.17) is 35.7 Å². The summed E-state index contributed by atoms with van der Waals surface area (Å²) >= 11 is 6.08. The highest BCUT2D eigenvalue weighted by Crippen LogP contribution is 2.39. The number of anilines is 6. The maximum atomic E-state index is 15.4. The Morgan fingerprint density at radius 1 is 0.604 bits per heavy atom. The number of fused-ring (bicyclic) bond motifs is 4. The SMILES string of the molecule is CC(=O)OCc1c(B2OC(C)(C)C(C)(C)O2)cccc1-n1ncc2cc(C(C)(C)C)cc(F)c2c1=O.CC(C)N1CCN(c2ccc(Nc3cc(-c4cccc(-n5ncc6cc(C(C)(C)C)cc(F)c6c5=O)c4CO)nn4ccnc34)nc2)CC1.CC(C)N1CCN(c2ccc(Nc3cc(Cl)nn4ccnc34)nc2)CC1. The van der Waals surface area contributed by atoms with Gasteiger partial charge < -0.3 is 39.6 Å². The number of hydrogen-bond acceptors (Lipinski definition) is 21. The Kier molecular flexibility index (Phi) is 22.4. The Balaban J connectivity index is 0.000000154. The van der Waals surface area contributed by atoms with Crippen molar-refractivity contribution in [1.29, 1.82) is 0 Å². The van der Waals surface area contributed by atoms with Gasteiger partial charge >= 0.3 is 13.1 Å². The first-order chi connectivity index (χ1) is 52.7. The Hall–Kier alpha value is -10.6. The maximum absolute atomic E-state index is 15.4. The number of esters is 1. The molecule has 3 N–H and O–H groups in total. The molecule has 111 heavy (non-hydrogen) atoms. The van der Waals surface area contributed by atoms with E-state index in [0.717, 1.165) is 95.7 Å². The summed E-state index contributed by atoms with van der Waals surface area (Å²) in [4.78, 5) is 66.7. The maximum Gasteiger partial charge on any atom is 0.495 e. The first-order valence-electron chi connectivity index (χ1n) is 37.3. The molecule has 29 heteroatoms. The fourth-order valence-corrected chi connectivity index (χ4v) is 14.0. The van der Waals surface area contributed by atoms with Crippen LogP contribution in [0.25, 0.3) is 55.5 Å². The lowest BCUT2D eigenvalue weighted by molar-refractivity contribution is -0.142. The quantitative estimate of drug-likeness (QED) is 0.0636. The largest absolute Gasteiger partial charge is 0.495 e. The third kappa shape index (κ3) is 16.7. The molecule has 3 fully saturated rings. The van der Waals surface area contributed by atoms with Crippen LogP contribution >= 0.6 is 11.6 Å². The topological polar surface area (TPSA) is 258 Å². The van der Waals surface area contributed by atoms with Crippen LogP contribution < -0.4 is 37.0 Å². The van der Waals surface area contributed by atoms with Crippen molar-refractivity contribution < 1.29 is 32.7 Å². The van der Waals surface area contributed by atoms with Gasteiger partial charge in [0.15, 0.2) is 16.4 Å². The molecule has 0 unspecified atom stereocenters. The lowest BCUT2D eigenvalue weighted by atomic mass is 9.75. The molecule has 0 bridgehead atoms. The average molecular weight is 1530 g/mol. The molecule has 0 amide bonds. The molecule has 3 aliphatic heterocycles. The standard InChI is InChI=1S/C37H40FN9O2.C27H32BFN2O5.C18H22ClN7/c1-23(2)44-13-15-45(16-14-44)26-9-10-33(40-21-26)42-31-19-30(43-46-12-11-39-35(31)46)27-7-6-8-32(28(27)22-48)47-36(49)34-24(20-41-47)17-25(18-29(34)38)37(3,4)5;1-16(32)34-15-19-20(28-35-26(5,6)27(7,8)36-28)10-9-11-22(19)31-24(33)23-17(14-30-31)12-18(13-21(23)29)25(2,3)4;1-13(2)24-7-9-25(10-8-24)14-3-4-17(21-12-14)22-15-11-16(19)23-26-6-5-20-18(15)26/h6-12,17-21,23,48H,13-16,22H2,1-5H3,(H,40,42);9-14H,15H2,1-8H3;3-6,11-13H,7-10H2,1-2H3,(H,21,22). The van der Waals surface area contributed by atoms with Crippen LogP contribution in [0, 0.1) is 11.6 Å². The number of nitrogens with zero attached hydrogens (tertiary/aromatic N) is 16. The summed E-state index contributed by atoms with van der Waals surface area (Å²) in [7, 11) is -0.761. The summed E-state index contributed by atoms with van der Waals surface area (Å²) in [6.45, 7) is 37.5. The second-order valence-electron chi connectivity index (χ2n) is 31.7. The number of aliphatic hydroxyl groups excluding tert-OH is 1. The highest BCUT2D eigenvalue weighted by Gasteiger charge is 2.52. The van der Waals surface area contributed by atoms with Gasteiger partial charge in [-0.1, -0.05) is 77.4 Å². The van der Waals surface area contributed by atoms with Gasteiger partial charge in [0, 0.05) is 130 Å². The molecule has 0 aliphatic carbocycles. The van der Waals surface area contributed by atoms with Crippen molar-refractivity contribution in [1.82, 2.24) is 68.5 Å². The highest BCUT2D eigenvalue weighted by molar-refractivity contribution is 6.62. The van der Waals surface area contributed by atoms with E-state index >= 15 is 8.78 Å². The number of hydrogen-bond donors (Lipinski definition) is 3. The summed E-state index contributed by atoms with van der Waals surface area (Å²) in [5, 5.41) is 36.2. The van der Waals surface area contributed by atoms with Crippen LogP contribution in [-0.2, 0) is 42.9 Å². The molecule has 25 nitrogen and oxygen atoms in total. The number of halogens is 3. The van der Waals surface area contributed by atoms with E-state index in [1.807, 2.05) is 106 Å². The molecule has 4 aromatic carbocycles. The molecule has 0 atom stereocenters. The molecule has 12 aromatic rings. The van der Waals surface area contributed by atoms with Crippen molar-refractivity contribution in [2.24, 2.45) is 0 Å². The van der Waals surface area contributed by atoms with Crippen LogP contribution in [0.5, 0.6) is 0 Å². The second-order valence-corrected chi connectivity index (χ2v) is 32.1. The number of pyridine rings is 2. The Bertz CT molecular complexity index is 5530. The normalized spacial score (nSPS) is 15.5. The van der Waals surface area contributed by atoms with Crippen molar-refractivity contribution in [2.45, 2.75) is 151 Å². The summed E-state index contributed by atoms with van der Waals surface area (Å²) in [6, 6.07) is 29.7. The van der Waals surface area contributed by atoms with Gasteiger partial charge in [-0.3, -0.25) is 24.2 Å². The predicted molar refractivity (Wildman–Crippen MR) is 432 cm³/mol. The third-order valence-electron chi connectivity index (χ3n) is 21.1. The molecular formula is C82H94BClF2N18O7. The second kappa shape index (κ2) is 31.6. The fraction of sp³-hybridized carbons (Fsp3) is 0.378. The molecule has 0 radical (unpaired) electrons. The number of aliphatic hydroxyl groups is 1. The minimum absolute atomic E-state index is 0.0573. The zero-order chi connectivity index (χ0) is 79.2. The number of ether oxygens (including phenoxy) is 1. The van der Waals surface area contributed by atoms with Crippen molar-refractivity contribution in [3.05, 3.63) is 206 Å². The number of nitrogens with one attached hydrogen (secondary N) is 2. The lowest BCUT2D eigenvalue weighted by Gasteiger charge is -2.38.